The molecule has 2 N–H and O–H groups in total. The van der Waals surface area contributed by atoms with Gasteiger partial charge >= 0.3 is 6.03 Å². The van der Waals surface area contributed by atoms with Crippen LogP contribution in [0.15, 0.2) is 18.2 Å². The molecular formula is C15H18F2N4O3. The van der Waals surface area contributed by atoms with Gasteiger partial charge in [-0.2, -0.15) is 0 Å². The molecule has 7 nitrogen and oxygen atoms in total. The molecule has 24 heavy (non-hydrogen) atoms. The lowest BCUT2D eigenvalue weighted by molar-refractivity contribution is -0.129. The smallest absolute Gasteiger partial charge is 0.324 e. The maximum Gasteiger partial charge on any atom is 0.324 e. The Labute approximate surface area is 137 Å². The molecule has 0 bridgehead atoms. The first-order chi connectivity index (χ1) is 11.4. The third kappa shape index (κ3) is 4.25. The van der Waals surface area contributed by atoms with Crippen molar-refractivity contribution in [3.8, 4) is 0 Å². The monoisotopic (exact) mass is 340 g/mol. The van der Waals surface area contributed by atoms with Gasteiger partial charge in [-0.25, -0.2) is 13.6 Å². The molecule has 0 atom stereocenters. The van der Waals surface area contributed by atoms with E-state index in [-0.39, 0.29) is 19.6 Å². The number of hydrogen-bond acceptors (Lipinski definition) is 4. The van der Waals surface area contributed by atoms with Gasteiger partial charge < -0.3 is 10.6 Å². The molecule has 0 saturated carbocycles. The van der Waals surface area contributed by atoms with Crippen molar-refractivity contribution in [1.29, 1.82) is 0 Å². The first kappa shape index (κ1) is 17.8. The number of benzene rings is 1. The summed E-state index contributed by atoms with van der Waals surface area (Å²) in [4.78, 5) is 38.0. The number of hydrogen-bond donors (Lipinski definition) is 2. The van der Waals surface area contributed by atoms with Gasteiger partial charge in [0.15, 0.2) is 0 Å². The summed E-state index contributed by atoms with van der Waals surface area (Å²) in [5.41, 5.74) is -0.524. The van der Waals surface area contributed by atoms with E-state index in [0.717, 1.165) is 17.0 Å². The number of carbonyl (C=O) groups excluding carboxylic acids is 3. The van der Waals surface area contributed by atoms with Crippen molar-refractivity contribution in [3.05, 3.63) is 29.8 Å². The van der Waals surface area contributed by atoms with Gasteiger partial charge in [0.1, 0.15) is 17.3 Å². The Bertz CT molecular complexity index is 633. The Morgan fingerprint density at radius 2 is 1.96 bits per heavy atom. The van der Waals surface area contributed by atoms with E-state index in [9.17, 15) is 23.2 Å². The van der Waals surface area contributed by atoms with Gasteiger partial charge in [-0.3, -0.25) is 19.4 Å². The van der Waals surface area contributed by atoms with Crippen molar-refractivity contribution in [2.24, 2.45) is 0 Å². The van der Waals surface area contributed by atoms with Crippen LogP contribution < -0.4 is 10.6 Å². The Balaban J connectivity index is 1.93. The Kier molecular flexibility index (Phi) is 5.80. The average Bonchev–Trinajstić information content (AvgIpc) is 2.96. The van der Waals surface area contributed by atoms with E-state index in [4.69, 9.17) is 0 Å². The van der Waals surface area contributed by atoms with E-state index < -0.39 is 35.2 Å². The molecule has 0 spiro atoms. The molecule has 9 heteroatoms. The van der Waals surface area contributed by atoms with Gasteiger partial charge in [-0.1, -0.05) is 13.0 Å². The van der Waals surface area contributed by atoms with Crippen molar-refractivity contribution in [1.82, 2.24) is 15.1 Å². The molecule has 1 aromatic rings. The number of nitrogens with one attached hydrogen (secondary N) is 2. The summed E-state index contributed by atoms with van der Waals surface area (Å²) >= 11 is 0. The fraction of sp³-hybridized carbons (Fsp3) is 0.400. The van der Waals surface area contributed by atoms with Crippen LogP contribution in [0.2, 0.25) is 0 Å². The van der Waals surface area contributed by atoms with Crippen LogP contribution in [-0.2, 0) is 9.59 Å². The molecule has 1 fully saturated rings. The quantitative estimate of drug-likeness (QED) is 0.802. The van der Waals surface area contributed by atoms with E-state index in [0.29, 0.717) is 13.1 Å². The minimum Gasteiger partial charge on any atom is -0.336 e. The zero-order chi connectivity index (χ0) is 17.7. The maximum absolute atomic E-state index is 13.5. The third-order valence-corrected chi connectivity index (χ3v) is 3.56. The maximum atomic E-state index is 13.5. The van der Waals surface area contributed by atoms with E-state index in [2.05, 4.69) is 10.6 Å². The van der Waals surface area contributed by atoms with Gasteiger partial charge in [0.25, 0.3) is 0 Å². The molecular weight excluding hydrogens is 322 g/mol. The molecule has 0 unspecified atom stereocenters. The van der Waals surface area contributed by atoms with Crippen LogP contribution >= 0.6 is 0 Å². The summed E-state index contributed by atoms with van der Waals surface area (Å²) < 4.78 is 27.0. The van der Waals surface area contributed by atoms with Crippen LogP contribution in [0.3, 0.4) is 0 Å². The molecule has 4 amide bonds. The summed E-state index contributed by atoms with van der Waals surface area (Å²) in [6, 6.07) is 2.80. The number of carbonyl (C=O) groups is 3. The van der Waals surface area contributed by atoms with E-state index in [1.165, 1.54) is 11.0 Å². The molecule has 0 aliphatic carbocycles. The highest BCUT2D eigenvalue weighted by atomic mass is 19.1. The zero-order valence-corrected chi connectivity index (χ0v) is 13.1. The molecule has 1 aromatic carbocycles. The van der Waals surface area contributed by atoms with Crippen LogP contribution in [0.5, 0.6) is 0 Å². The highest BCUT2D eigenvalue weighted by Gasteiger charge is 2.27. The molecule has 130 valence electrons. The lowest BCUT2D eigenvalue weighted by Gasteiger charge is -2.21. The Morgan fingerprint density at radius 1 is 1.29 bits per heavy atom. The number of likely N-dealkylation sites (N-methyl/N-ethyl adjacent to an activating group) is 1. The van der Waals surface area contributed by atoms with E-state index in [1.807, 2.05) is 0 Å². The number of para-hydroxylation sites is 1. The van der Waals surface area contributed by atoms with Gasteiger partial charge in [0, 0.05) is 13.1 Å². The second-order valence-corrected chi connectivity index (χ2v) is 5.23. The van der Waals surface area contributed by atoms with Crippen molar-refractivity contribution >= 4 is 23.5 Å². The Morgan fingerprint density at radius 3 is 2.50 bits per heavy atom. The lowest BCUT2D eigenvalue weighted by atomic mass is 10.3. The highest BCUT2D eigenvalue weighted by molar-refractivity contribution is 5.97. The highest BCUT2D eigenvalue weighted by Crippen LogP contribution is 2.17. The standard InChI is InChI=1S/C15H18F2N4O3/c1-2-20(9-13(23)21-7-6-18-15(21)24)8-12(22)19-14-10(16)4-3-5-11(14)17/h3-5H,2,6-9H2,1H3,(H,18,24)(H,19,22). The van der Waals surface area contributed by atoms with E-state index >= 15 is 0 Å². The number of amides is 4. The first-order valence-electron chi connectivity index (χ1n) is 7.46. The number of imide groups is 1. The summed E-state index contributed by atoms with van der Waals surface area (Å²) in [5, 5.41) is 4.67. The number of anilines is 1. The van der Waals surface area contributed by atoms with Crippen molar-refractivity contribution in [3.63, 3.8) is 0 Å². The lowest BCUT2D eigenvalue weighted by Crippen LogP contribution is -2.44. The molecule has 1 heterocycles. The van der Waals surface area contributed by atoms with Crippen molar-refractivity contribution in [2.75, 3.05) is 38.0 Å². The molecule has 1 saturated heterocycles. The molecule has 2 rings (SSSR count). The van der Waals surface area contributed by atoms with E-state index in [1.54, 1.807) is 6.92 Å². The molecule has 0 aromatic heterocycles. The Hall–Kier alpha value is -2.55. The second-order valence-electron chi connectivity index (χ2n) is 5.23. The van der Waals surface area contributed by atoms with Crippen LogP contribution in [0.1, 0.15) is 6.92 Å². The summed E-state index contributed by atoms with van der Waals surface area (Å²) in [5.74, 6) is -2.84. The predicted molar refractivity (Wildman–Crippen MR) is 82.2 cm³/mol. The van der Waals surface area contributed by atoms with Crippen molar-refractivity contribution in [2.45, 2.75) is 6.92 Å². The second kappa shape index (κ2) is 7.82. The van der Waals surface area contributed by atoms with Crippen LogP contribution in [0.4, 0.5) is 19.3 Å². The first-order valence-corrected chi connectivity index (χ1v) is 7.46. The fourth-order valence-electron chi connectivity index (χ4n) is 2.26. The number of halogens is 2. The minimum absolute atomic E-state index is 0.142. The number of rotatable bonds is 6. The van der Waals surface area contributed by atoms with Crippen LogP contribution in [-0.4, -0.2) is 60.4 Å². The largest absolute Gasteiger partial charge is 0.336 e. The summed E-state index contributed by atoms with van der Waals surface area (Å²) in [6.07, 6.45) is 0. The summed E-state index contributed by atoms with van der Waals surface area (Å²) in [6.45, 7) is 2.39. The van der Waals surface area contributed by atoms with Gasteiger partial charge in [-0.05, 0) is 18.7 Å². The van der Waals surface area contributed by atoms with Crippen LogP contribution in [0.25, 0.3) is 0 Å². The minimum atomic E-state index is -0.879. The molecule has 0 radical (unpaired) electrons. The average molecular weight is 340 g/mol. The van der Waals surface area contributed by atoms with Crippen LogP contribution in [0, 0.1) is 11.6 Å². The molecule has 1 aliphatic rings. The SMILES string of the molecule is CCN(CC(=O)Nc1c(F)cccc1F)CC(=O)N1CCNC1=O. The topological polar surface area (TPSA) is 81.8 Å². The van der Waals surface area contributed by atoms with Gasteiger partial charge in [0.05, 0.1) is 13.1 Å². The van der Waals surface area contributed by atoms with Crippen molar-refractivity contribution < 1.29 is 23.2 Å². The third-order valence-electron chi connectivity index (χ3n) is 3.56. The molecule has 1 aliphatic heterocycles. The number of urea groups is 1. The summed E-state index contributed by atoms with van der Waals surface area (Å²) in [7, 11) is 0. The predicted octanol–water partition coefficient (Wildman–Crippen LogP) is 0.777. The fourth-order valence-corrected chi connectivity index (χ4v) is 2.26. The van der Waals surface area contributed by atoms with Gasteiger partial charge in [-0.15, -0.1) is 0 Å². The zero-order valence-electron chi connectivity index (χ0n) is 13.1. The van der Waals surface area contributed by atoms with Gasteiger partial charge in [0.2, 0.25) is 11.8 Å². The number of nitrogens with zero attached hydrogens (tertiary/aromatic N) is 2. The normalized spacial score (nSPS) is 14.0.